The zero-order valence-electron chi connectivity index (χ0n) is 12.7. The highest BCUT2D eigenvalue weighted by atomic mass is 79.9. The van der Waals surface area contributed by atoms with Gasteiger partial charge in [0.05, 0.1) is 18.7 Å². The van der Waals surface area contributed by atoms with Crippen molar-refractivity contribution < 1.29 is 24.2 Å². The summed E-state index contributed by atoms with van der Waals surface area (Å²) < 4.78 is 11.4. The SMILES string of the molecule is CC(C)(C)OC(=O)N1CCOc2cc(Br)c(C(=O)O)cc2C1. The third-order valence-electron chi connectivity index (χ3n) is 3.01. The minimum absolute atomic E-state index is 0.133. The molecule has 0 fully saturated rings. The maximum absolute atomic E-state index is 12.2. The molecular weight excluding hydrogens is 354 g/mol. The summed E-state index contributed by atoms with van der Waals surface area (Å²) in [5, 5.41) is 9.19. The van der Waals surface area contributed by atoms with Gasteiger partial charge in [-0.25, -0.2) is 9.59 Å². The second kappa shape index (κ2) is 6.16. The van der Waals surface area contributed by atoms with Crippen molar-refractivity contribution in [2.24, 2.45) is 0 Å². The Morgan fingerprint density at radius 2 is 2.05 bits per heavy atom. The molecule has 1 aliphatic heterocycles. The van der Waals surface area contributed by atoms with Crippen LogP contribution in [0.3, 0.4) is 0 Å². The van der Waals surface area contributed by atoms with Crippen LogP contribution in [-0.4, -0.2) is 40.8 Å². The molecule has 0 spiro atoms. The third-order valence-corrected chi connectivity index (χ3v) is 3.67. The molecule has 0 radical (unpaired) electrons. The number of carbonyl (C=O) groups excluding carboxylic acids is 1. The first kappa shape index (κ1) is 16.6. The molecule has 1 aromatic rings. The Morgan fingerprint density at radius 3 is 2.64 bits per heavy atom. The minimum atomic E-state index is -1.04. The van der Waals surface area contributed by atoms with Crippen molar-refractivity contribution in [2.75, 3.05) is 13.2 Å². The van der Waals surface area contributed by atoms with Crippen LogP contribution in [0.25, 0.3) is 0 Å². The zero-order chi connectivity index (χ0) is 16.5. The van der Waals surface area contributed by atoms with Crippen molar-refractivity contribution in [1.29, 1.82) is 0 Å². The smallest absolute Gasteiger partial charge is 0.410 e. The van der Waals surface area contributed by atoms with Crippen LogP contribution in [0.15, 0.2) is 16.6 Å². The summed E-state index contributed by atoms with van der Waals surface area (Å²) >= 11 is 3.22. The van der Waals surface area contributed by atoms with Crippen molar-refractivity contribution in [1.82, 2.24) is 4.90 Å². The Hall–Kier alpha value is -1.76. The standard InChI is InChI=1S/C15H18BrNO5/c1-15(2,3)22-14(20)17-4-5-21-12-7-11(16)10(13(18)19)6-9(12)8-17/h6-7H,4-5,8H2,1-3H3,(H,18,19). The summed E-state index contributed by atoms with van der Waals surface area (Å²) in [6.07, 6.45) is -0.441. The average Bonchev–Trinajstić information content (AvgIpc) is 2.57. The molecule has 1 aliphatic rings. The minimum Gasteiger partial charge on any atom is -0.491 e. The van der Waals surface area contributed by atoms with E-state index < -0.39 is 17.7 Å². The first-order valence-corrected chi connectivity index (χ1v) is 7.63. The molecule has 1 heterocycles. The fraction of sp³-hybridized carbons (Fsp3) is 0.467. The van der Waals surface area contributed by atoms with Crippen LogP contribution < -0.4 is 4.74 Å². The molecule has 0 aliphatic carbocycles. The number of aromatic carboxylic acids is 1. The lowest BCUT2D eigenvalue weighted by molar-refractivity contribution is 0.0225. The van der Waals surface area contributed by atoms with E-state index in [0.29, 0.717) is 28.9 Å². The van der Waals surface area contributed by atoms with Gasteiger partial charge in [-0.3, -0.25) is 0 Å². The van der Waals surface area contributed by atoms with Gasteiger partial charge in [0.1, 0.15) is 18.0 Å². The van der Waals surface area contributed by atoms with Crippen LogP contribution in [-0.2, 0) is 11.3 Å². The largest absolute Gasteiger partial charge is 0.491 e. The number of hydrogen-bond acceptors (Lipinski definition) is 4. The molecule has 22 heavy (non-hydrogen) atoms. The first-order valence-electron chi connectivity index (χ1n) is 6.84. The number of benzene rings is 1. The van der Waals surface area contributed by atoms with E-state index in [1.807, 2.05) is 0 Å². The predicted octanol–water partition coefficient (Wildman–Crippen LogP) is 3.28. The molecule has 0 saturated carbocycles. The lowest BCUT2D eigenvalue weighted by Gasteiger charge is -2.26. The van der Waals surface area contributed by atoms with E-state index in [0.717, 1.165) is 0 Å². The van der Waals surface area contributed by atoms with Crippen molar-refractivity contribution in [3.8, 4) is 5.75 Å². The predicted molar refractivity (Wildman–Crippen MR) is 83.2 cm³/mol. The van der Waals surface area contributed by atoms with Crippen molar-refractivity contribution >= 4 is 28.0 Å². The summed E-state index contributed by atoms with van der Waals surface area (Å²) in [7, 11) is 0. The van der Waals surface area contributed by atoms with E-state index in [-0.39, 0.29) is 12.1 Å². The molecule has 0 saturated heterocycles. The number of fused-ring (bicyclic) bond motifs is 1. The van der Waals surface area contributed by atoms with E-state index in [4.69, 9.17) is 9.47 Å². The highest BCUT2D eigenvalue weighted by Gasteiger charge is 2.26. The van der Waals surface area contributed by atoms with E-state index >= 15 is 0 Å². The highest BCUT2D eigenvalue weighted by Crippen LogP contribution is 2.30. The fourth-order valence-corrected chi connectivity index (χ4v) is 2.55. The van der Waals surface area contributed by atoms with Gasteiger partial charge >= 0.3 is 12.1 Å². The van der Waals surface area contributed by atoms with Crippen LogP contribution in [0.4, 0.5) is 4.79 Å². The number of halogens is 1. The molecule has 120 valence electrons. The lowest BCUT2D eigenvalue weighted by atomic mass is 10.1. The molecule has 1 N–H and O–H groups in total. The summed E-state index contributed by atoms with van der Waals surface area (Å²) in [4.78, 5) is 24.9. The Morgan fingerprint density at radius 1 is 1.36 bits per heavy atom. The number of carbonyl (C=O) groups is 2. The number of amides is 1. The quantitative estimate of drug-likeness (QED) is 0.819. The summed E-state index contributed by atoms with van der Waals surface area (Å²) in [5.41, 5.74) is 0.191. The van der Waals surface area contributed by atoms with Gasteiger partial charge in [-0.2, -0.15) is 0 Å². The van der Waals surface area contributed by atoms with Crippen LogP contribution in [0.2, 0.25) is 0 Å². The third kappa shape index (κ3) is 3.91. The van der Waals surface area contributed by atoms with E-state index in [1.165, 1.54) is 11.0 Å². The molecule has 0 bridgehead atoms. The molecular formula is C15H18BrNO5. The van der Waals surface area contributed by atoms with Crippen LogP contribution in [0, 0.1) is 0 Å². The zero-order valence-corrected chi connectivity index (χ0v) is 14.3. The molecule has 2 rings (SSSR count). The van der Waals surface area contributed by atoms with Gasteiger partial charge in [0.15, 0.2) is 0 Å². The Kier molecular flexibility index (Phi) is 4.65. The van der Waals surface area contributed by atoms with Gasteiger partial charge in [-0.15, -0.1) is 0 Å². The Bertz CT molecular complexity index is 609. The number of hydrogen-bond donors (Lipinski definition) is 1. The molecule has 0 atom stereocenters. The van der Waals surface area contributed by atoms with Gasteiger partial charge in [-0.05, 0) is 48.8 Å². The monoisotopic (exact) mass is 371 g/mol. The van der Waals surface area contributed by atoms with Gasteiger partial charge in [0.2, 0.25) is 0 Å². The van der Waals surface area contributed by atoms with Crippen LogP contribution in [0.5, 0.6) is 5.75 Å². The van der Waals surface area contributed by atoms with Gasteiger partial charge in [0.25, 0.3) is 0 Å². The van der Waals surface area contributed by atoms with Crippen molar-refractivity contribution in [2.45, 2.75) is 32.9 Å². The number of rotatable bonds is 1. The van der Waals surface area contributed by atoms with E-state index in [9.17, 15) is 14.7 Å². The Labute approximate surface area is 137 Å². The fourth-order valence-electron chi connectivity index (χ4n) is 2.05. The second-order valence-electron chi connectivity index (χ2n) is 6.00. The van der Waals surface area contributed by atoms with Crippen molar-refractivity contribution in [3.63, 3.8) is 0 Å². The maximum Gasteiger partial charge on any atom is 0.410 e. The van der Waals surface area contributed by atoms with Crippen LogP contribution >= 0.6 is 15.9 Å². The maximum atomic E-state index is 12.2. The number of carboxylic acid groups (broad SMARTS) is 1. The Balaban J connectivity index is 2.27. The van der Waals surface area contributed by atoms with Crippen molar-refractivity contribution in [3.05, 3.63) is 27.7 Å². The van der Waals surface area contributed by atoms with Gasteiger partial charge in [0, 0.05) is 10.0 Å². The van der Waals surface area contributed by atoms with Crippen LogP contribution in [0.1, 0.15) is 36.7 Å². The molecule has 0 unspecified atom stereocenters. The molecule has 1 amide bonds. The average molecular weight is 372 g/mol. The molecule has 7 heteroatoms. The summed E-state index contributed by atoms with van der Waals surface area (Å²) in [5.74, 6) is -0.467. The van der Waals surface area contributed by atoms with Gasteiger partial charge in [-0.1, -0.05) is 0 Å². The van der Waals surface area contributed by atoms with E-state index in [2.05, 4.69) is 15.9 Å². The first-order chi connectivity index (χ1) is 10.2. The molecule has 1 aromatic carbocycles. The topological polar surface area (TPSA) is 76.1 Å². The van der Waals surface area contributed by atoms with Gasteiger partial charge < -0.3 is 19.5 Å². The number of ether oxygens (including phenoxy) is 2. The summed E-state index contributed by atoms with van der Waals surface area (Å²) in [6, 6.07) is 3.14. The second-order valence-corrected chi connectivity index (χ2v) is 6.85. The molecule has 0 aromatic heterocycles. The normalized spacial score (nSPS) is 14.6. The lowest BCUT2D eigenvalue weighted by Crippen LogP contribution is -2.37. The van der Waals surface area contributed by atoms with E-state index in [1.54, 1.807) is 26.8 Å². The number of carboxylic acids is 1. The summed E-state index contributed by atoms with van der Waals surface area (Å²) in [6.45, 7) is 6.35. The highest BCUT2D eigenvalue weighted by molar-refractivity contribution is 9.10. The number of nitrogens with zero attached hydrogens (tertiary/aromatic N) is 1. The molecule has 6 nitrogen and oxygen atoms in total.